The van der Waals surface area contributed by atoms with Crippen LogP contribution < -0.4 is 4.90 Å². The maximum Gasteiger partial charge on any atom is 0.143 e. The van der Waals surface area contributed by atoms with Gasteiger partial charge in [-0.3, -0.25) is 0 Å². The zero-order valence-electron chi connectivity index (χ0n) is 15.0. The van der Waals surface area contributed by atoms with E-state index >= 15 is 0 Å². The molecule has 1 aromatic carbocycles. The summed E-state index contributed by atoms with van der Waals surface area (Å²) in [6, 6.07) is 13.0. The average Bonchev–Trinajstić information content (AvgIpc) is 3.46. The summed E-state index contributed by atoms with van der Waals surface area (Å²) in [6.45, 7) is 4.92. The van der Waals surface area contributed by atoms with Crippen molar-refractivity contribution >= 4 is 22.9 Å². The van der Waals surface area contributed by atoms with Crippen LogP contribution >= 0.6 is 0 Å². The van der Waals surface area contributed by atoms with E-state index in [0.717, 1.165) is 41.8 Å². The van der Waals surface area contributed by atoms with E-state index in [4.69, 9.17) is 0 Å². The highest BCUT2D eigenvalue weighted by Crippen LogP contribution is 2.41. The highest BCUT2D eigenvalue weighted by molar-refractivity contribution is 5.95. The molecule has 27 heavy (non-hydrogen) atoms. The van der Waals surface area contributed by atoms with Crippen LogP contribution in [0.3, 0.4) is 0 Å². The molecule has 4 heterocycles. The van der Waals surface area contributed by atoms with Gasteiger partial charge in [0, 0.05) is 35.8 Å². The lowest BCUT2D eigenvalue weighted by atomic mass is 10.0. The topological polar surface area (TPSA) is 60.6 Å². The second-order valence-electron chi connectivity index (χ2n) is 6.89. The van der Waals surface area contributed by atoms with E-state index in [2.05, 4.69) is 67.8 Å². The van der Waals surface area contributed by atoms with Crippen LogP contribution in [0, 0.1) is 0 Å². The Kier molecular flexibility index (Phi) is 3.78. The lowest BCUT2D eigenvalue weighted by molar-refractivity contribution is 0.696. The Morgan fingerprint density at radius 2 is 2.00 bits per heavy atom. The van der Waals surface area contributed by atoms with Crippen LogP contribution in [-0.2, 0) is 0 Å². The molecule has 5 nitrogen and oxygen atoms in total. The normalized spacial score (nSPS) is 16.9. The zero-order chi connectivity index (χ0) is 18.2. The van der Waals surface area contributed by atoms with Crippen molar-refractivity contribution in [2.75, 3.05) is 11.4 Å². The Hall–Kier alpha value is -3.34. The molecule has 0 aliphatic carbocycles. The van der Waals surface area contributed by atoms with Gasteiger partial charge in [0.2, 0.25) is 0 Å². The van der Waals surface area contributed by atoms with Gasteiger partial charge in [0.05, 0.1) is 11.4 Å². The Bertz CT molecular complexity index is 1090. The molecule has 134 valence electrons. The number of hydrogen-bond donors (Lipinski definition) is 2. The number of rotatable bonds is 4. The van der Waals surface area contributed by atoms with E-state index in [0.29, 0.717) is 0 Å². The number of hydrogen-bond acceptors (Lipinski definition) is 3. The molecule has 4 aromatic rings. The first-order chi connectivity index (χ1) is 13.4. The standard InChI is InChI=1S/C22H21N5/c1-2-15-13-24-21-19(15)22(26-14-25-21)27-12-6-9-18(27)20-17(10-11-23-20)16-7-4-3-5-8-16/h2-5,7-8,10-11,13-14,18,23H,1,6,9,12H2,(H,24,25,26)/t18-/m0/s1. The maximum absolute atomic E-state index is 4.67. The third kappa shape index (κ3) is 2.54. The SMILES string of the molecule is C=Cc1c[nH]c2ncnc(N3CCC[C@H]3c3[nH]ccc3-c3ccccc3)c12. The predicted molar refractivity (Wildman–Crippen MR) is 110 cm³/mol. The van der Waals surface area contributed by atoms with E-state index < -0.39 is 0 Å². The number of aromatic amines is 2. The summed E-state index contributed by atoms with van der Waals surface area (Å²) in [7, 11) is 0. The average molecular weight is 355 g/mol. The number of aromatic nitrogens is 4. The largest absolute Gasteiger partial charge is 0.363 e. The first-order valence-electron chi connectivity index (χ1n) is 9.30. The molecule has 0 unspecified atom stereocenters. The molecule has 1 atom stereocenters. The zero-order valence-corrected chi connectivity index (χ0v) is 15.0. The fourth-order valence-corrected chi connectivity index (χ4v) is 4.20. The van der Waals surface area contributed by atoms with Gasteiger partial charge in [0.1, 0.15) is 17.8 Å². The van der Waals surface area contributed by atoms with Crippen molar-refractivity contribution in [2.45, 2.75) is 18.9 Å². The van der Waals surface area contributed by atoms with Crippen molar-refractivity contribution in [3.8, 4) is 11.1 Å². The minimum Gasteiger partial charge on any atom is -0.363 e. The molecule has 2 N–H and O–H groups in total. The van der Waals surface area contributed by atoms with Gasteiger partial charge < -0.3 is 14.9 Å². The monoisotopic (exact) mass is 355 g/mol. The van der Waals surface area contributed by atoms with Gasteiger partial charge in [-0.2, -0.15) is 0 Å². The molecule has 5 rings (SSSR count). The van der Waals surface area contributed by atoms with E-state index in [1.165, 1.54) is 16.8 Å². The van der Waals surface area contributed by atoms with E-state index in [-0.39, 0.29) is 6.04 Å². The first kappa shape index (κ1) is 15.9. The summed E-state index contributed by atoms with van der Waals surface area (Å²) in [4.78, 5) is 18.2. The number of fused-ring (bicyclic) bond motifs is 1. The van der Waals surface area contributed by atoms with Gasteiger partial charge in [-0.15, -0.1) is 0 Å². The van der Waals surface area contributed by atoms with Crippen molar-refractivity contribution < 1.29 is 0 Å². The molecule has 3 aromatic heterocycles. The number of anilines is 1. The summed E-state index contributed by atoms with van der Waals surface area (Å²) >= 11 is 0. The summed E-state index contributed by atoms with van der Waals surface area (Å²) in [5, 5.41) is 1.05. The van der Waals surface area contributed by atoms with Gasteiger partial charge in [-0.1, -0.05) is 43.0 Å². The van der Waals surface area contributed by atoms with Crippen LogP contribution in [0.15, 0.2) is 61.7 Å². The van der Waals surface area contributed by atoms with Crippen LogP contribution in [0.5, 0.6) is 0 Å². The number of benzene rings is 1. The third-order valence-electron chi connectivity index (χ3n) is 5.42. The van der Waals surface area contributed by atoms with Crippen molar-refractivity contribution in [1.82, 2.24) is 19.9 Å². The Labute approximate surface area is 157 Å². The molecule has 0 radical (unpaired) electrons. The van der Waals surface area contributed by atoms with Gasteiger partial charge in [0.25, 0.3) is 0 Å². The van der Waals surface area contributed by atoms with E-state index in [1.54, 1.807) is 6.33 Å². The predicted octanol–water partition coefficient (Wildman–Crippen LogP) is 4.94. The molecule has 5 heteroatoms. The summed E-state index contributed by atoms with van der Waals surface area (Å²) in [6.07, 6.45) is 9.72. The highest BCUT2D eigenvalue weighted by Gasteiger charge is 2.31. The van der Waals surface area contributed by atoms with Gasteiger partial charge in [0.15, 0.2) is 0 Å². The summed E-state index contributed by atoms with van der Waals surface area (Å²) in [5.41, 5.74) is 5.65. The molecular formula is C22H21N5. The smallest absolute Gasteiger partial charge is 0.143 e. The molecule has 0 amide bonds. The van der Waals surface area contributed by atoms with Crippen LogP contribution in [0.1, 0.15) is 30.1 Å². The molecule has 1 aliphatic rings. The fourth-order valence-electron chi connectivity index (χ4n) is 4.20. The summed E-state index contributed by atoms with van der Waals surface area (Å²) in [5.74, 6) is 0.979. The van der Waals surface area contributed by atoms with Crippen LogP contribution in [0.4, 0.5) is 5.82 Å². The Morgan fingerprint density at radius 1 is 1.11 bits per heavy atom. The van der Waals surface area contributed by atoms with Crippen LogP contribution in [0.2, 0.25) is 0 Å². The second-order valence-corrected chi connectivity index (χ2v) is 6.89. The molecule has 0 saturated carbocycles. The molecule has 0 bridgehead atoms. The van der Waals surface area contributed by atoms with Crippen molar-refractivity contribution in [3.05, 3.63) is 73.0 Å². The quantitative estimate of drug-likeness (QED) is 0.545. The first-order valence-corrected chi connectivity index (χ1v) is 9.30. The van der Waals surface area contributed by atoms with Gasteiger partial charge in [-0.25, -0.2) is 9.97 Å². The fraction of sp³-hybridized carbons (Fsp3) is 0.182. The van der Waals surface area contributed by atoms with Crippen molar-refractivity contribution in [3.63, 3.8) is 0 Å². The van der Waals surface area contributed by atoms with E-state index in [1.807, 2.05) is 18.5 Å². The lowest BCUT2D eigenvalue weighted by Crippen LogP contribution is -2.24. The van der Waals surface area contributed by atoms with Gasteiger partial charge in [-0.05, 0) is 24.5 Å². The Balaban J connectivity index is 1.62. The van der Waals surface area contributed by atoms with Crippen molar-refractivity contribution in [1.29, 1.82) is 0 Å². The third-order valence-corrected chi connectivity index (χ3v) is 5.42. The molecule has 1 saturated heterocycles. The summed E-state index contributed by atoms with van der Waals surface area (Å²) < 4.78 is 0. The number of nitrogens with one attached hydrogen (secondary N) is 2. The molecule has 1 aliphatic heterocycles. The van der Waals surface area contributed by atoms with Gasteiger partial charge >= 0.3 is 0 Å². The minimum absolute atomic E-state index is 0.265. The molecule has 0 spiro atoms. The minimum atomic E-state index is 0.265. The molecule has 1 fully saturated rings. The Morgan fingerprint density at radius 3 is 2.85 bits per heavy atom. The van der Waals surface area contributed by atoms with Crippen LogP contribution in [-0.4, -0.2) is 26.5 Å². The highest BCUT2D eigenvalue weighted by atomic mass is 15.2. The number of H-pyrrole nitrogens is 2. The second kappa shape index (κ2) is 6.43. The van der Waals surface area contributed by atoms with Crippen molar-refractivity contribution in [2.24, 2.45) is 0 Å². The van der Waals surface area contributed by atoms with E-state index in [9.17, 15) is 0 Å². The lowest BCUT2D eigenvalue weighted by Gasteiger charge is -2.27. The van der Waals surface area contributed by atoms with Crippen LogP contribution in [0.25, 0.3) is 28.2 Å². The maximum atomic E-state index is 4.67. The molecular weight excluding hydrogens is 334 g/mol. The number of nitrogens with zero attached hydrogens (tertiary/aromatic N) is 3.